The molecule has 11 heteroatoms. The highest BCUT2D eigenvalue weighted by Crippen LogP contribution is 2.28. The summed E-state index contributed by atoms with van der Waals surface area (Å²) in [4.78, 5) is 46.8. The van der Waals surface area contributed by atoms with E-state index in [4.69, 9.17) is 14.9 Å². The average Bonchev–Trinajstić information content (AvgIpc) is 2.79. The highest BCUT2D eigenvalue weighted by molar-refractivity contribution is 8.14. The summed E-state index contributed by atoms with van der Waals surface area (Å²) < 4.78 is 10.3. The van der Waals surface area contributed by atoms with Crippen LogP contribution in [-0.4, -0.2) is 72.4 Å². The number of benzene rings is 1. The van der Waals surface area contributed by atoms with Crippen LogP contribution in [-0.2, 0) is 9.59 Å². The standard InChI is InChI=1S/C21H25N5O5S/c1-12-6-8-26(9-7-12)16(27)11-32-21-24-18(22)17(20(29)25-21)23-19(28)13-4-5-14(30-2)15(10-13)31-3/h4-5,10,12H,6-9,11H2,1-3H3,(H2,22,24,25,29). The molecule has 2 aliphatic heterocycles. The van der Waals surface area contributed by atoms with Crippen LogP contribution < -0.4 is 14.8 Å². The number of carbonyl (C=O) groups excluding carboxylic acids is 3. The lowest BCUT2D eigenvalue weighted by Crippen LogP contribution is -2.44. The second-order valence-electron chi connectivity index (χ2n) is 7.41. The molecule has 0 atom stereocenters. The molecule has 0 unspecified atom stereocenters. The normalized spacial score (nSPS) is 18.3. The molecule has 170 valence electrons. The third-order valence-corrected chi connectivity index (χ3v) is 6.04. The van der Waals surface area contributed by atoms with Gasteiger partial charge in [0.15, 0.2) is 28.2 Å². The van der Waals surface area contributed by atoms with Crippen molar-refractivity contribution >= 4 is 46.2 Å². The quantitative estimate of drug-likeness (QED) is 0.689. The van der Waals surface area contributed by atoms with Crippen LogP contribution in [0.15, 0.2) is 28.2 Å². The Morgan fingerprint density at radius 2 is 1.94 bits per heavy atom. The first-order valence-electron chi connectivity index (χ1n) is 10.1. The van der Waals surface area contributed by atoms with Gasteiger partial charge in [0, 0.05) is 18.7 Å². The van der Waals surface area contributed by atoms with Gasteiger partial charge >= 0.3 is 0 Å². The number of hydrogen-bond donors (Lipinski definition) is 2. The number of likely N-dealkylation sites (tertiary alicyclic amines) is 1. The summed E-state index contributed by atoms with van der Waals surface area (Å²) in [5.74, 6) is -0.405. The predicted octanol–water partition coefficient (Wildman–Crippen LogP) is 1.74. The van der Waals surface area contributed by atoms with Crippen LogP contribution in [0.4, 0.5) is 0 Å². The van der Waals surface area contributed by atoms with E-state index >= 15 is 0 Å². The second kappa shape index (κ2) is 10.4. The number of nitrogens with zero attached hydrogens (tertiary/aromatic N) is 3. The first-order chi connectivity index (χ1) is 15.3. The monoisotopic (exact) mass is 459 g/mol. The maximum atomic E-state index is 12.5. The van der Waals surface area contributed by atoms with E-state index in [0.29, 0.717) is 17.4 Å². The number of hydrogen-bond acceptors (Lipinski definition) is 7. The number of rotatable bonds is 5. The zero-order valence-corrected chi connectivity index (χ0v) is 19.0. The van der Waals surface area contributed by atoms with E-state index < -0.39 is 23.4 Å². The first-order valence-corrected chi connectivity index (χ1v) is 11.1. The van der Waals surface area contributed by atoms with Crippen LogP contribution in [0.5, 0.6) is 11.5 Å². The molecule has 0 aromatic heterocycles. The van der Waals surface area contributed by atoms with E-state index in [1.54, 1.807) is 11.0 Å². The molecule has 10 nitrogen and oxygen atoms in total. The molecular formula is C21H25N5O5S. The Balaban J connectivity index is 1.65. The summed E-state index contributed by atoms with van der Waals surface area (Å²) in [6.07, 6.45) is 1.96. The smallest absolute Gasteiger partial charge is 0.279 e. The number of methoxy groups -OCH3 is 2. The van der Waals surface area contributed by atoms with Crippen LogP contribution >= 0.6 is 11.8 Å². The van der Waals surface area contributed by atoms with Crippen molar-refractivity contribution in [2.75, 3.05) is 33.1 Å². The van der Waals surface area contributed by atoms with Gasteiger partial charge in [-0.05, 0) is 37.0 Å². The van der Waals surface area contributed by atoms with Gasteiger partial charge in [-0.2, -0.15) is 4.99 Å². The van der Waals surface area contributed by atoms with Crippen molar-refractivity contribution in [3.05, 3.63) is 23.8 Å². The molecule has 3 amide bonds. The minimum absolute atomic E-state index is 0.0338. The fourth-order valence-corrected chi connectivity index (χ4v) is 4.00. The minimum Gasteiger partial charge on any atom is -0.493 e. The van der Waals surface area contributed by atoms with E-state index in [0.717, 1.165) is 37.7 Å². The molecule has 32 heavy (non-hydrogen) atoms. The lowest BCUT2D eigenvalue weighted by molar-refractivity contribution is -0.129. The van der Waals surface area contributed by atoms with Crippen molar-refractivity contribution in [3.63, 3.8) is 0 Å². The average molecular weight is 460 g/mol. The number of amides is 3. The number of piperidine rings is 1. The zero-order valence-electron chi connectivity index (χ0n) is 18.1. The molecule has 3 rings (SSSR count). The van der Waals surface area contributed by atoms with Crippen LogP contribution in [0, 0.1) is 11.3 Å². The highest BCUT2D eigenvalue weighted by atomic mass is 32.2. The molecule has 2 aliphatic rings. The van der Waals surface area contributed by atoms with E-state index in [1.807, 2.05) is 0 Å². The molecule has 0 radical (unpaired) electrons. The van der Waals surface area contributed by atoms with Gasteiger partial charge in [-0.3, -0.25) is 25.1 Å². The van der Waals surface area contributed by atoms with Gasteiger partial charge in [0.05, 0.1) is 20.0 Å². The Kier molecular flexibility index (Phi) is 7.62. The molecule has 1 fully saturated rings. The summed E-state index contributed by atoms with van der Waals surface area (Å²) in [5, 5.41) is 10.7. The predicted molar refractivity (Wildman–Crippen MR) is 122 cm³/mol. The molecule has 0 aliphatic carbocycles. The van der Waals surface area contributed by atoms with Crippen LogP contribution in [0.2, 0.25) is 0 Å². The molecule has 2 heterocycles. The first kappa shape index (κ1) is 23.5. The third kappa shape index (κ3) is 5.52. The Morgan fingerprint density at radius 3 is 2.56 bits per heavy atom. The number of carbonyl (C=O) groups is 3. The summed E-state index contributed by atoms with van der Waals surface area (Å²) >= 11 is 1.05. The van der Waals surface area contributed by atoms with Crippen LogP contribution in [0.3, 0.4) is 0 Å². The molecule has 0 saturated carbocycles. The maximum Gasteiger partial charge on any atom is 0.279 e. The second-order valence-corrected chi connectivity index (χ2v) is 8.37. The van der Waals surface area contributed by atoms with Crippen molar-refractivity contribution in [2.24, 2.45) is 15.9 Å². The summed E-state index contributed by atoms with van der Waals surface area (Å²) in [6.45, 7) is 3.62. The lowest BCUT2D eigenvalue weighted by atomic mass is 9.99. The van der Waals surface area contributed by atoms with E-state index in [-0.39, 0.29) is 22.4 Å². The van der Waals surface area contributed by atoms with Crippen LogP contribution in [0.1, 0.15) is 30.1 Å². The Hall–Kier alpha value is -3.21. The van der Waals surface area contributed by atoms with Gasteiger partial charge in [-0.25, -0.2) is 4.99 Å². The summed E-state index contributed by atoms with van der Waals surface area (Å²) in [6, 6.07) is 4.47. The van der Waals surface area contributed by atoms with Crippen molar-refractivity contribution in [1.29, 1.82) is 5.41 Å². The van der Waals surface area contributed by atoms with Gasteiger partial charge in [0.2, 0.25) is 5.91 Å². The van der Waals surface area contributed by atoms with Crippen molar-refractivity contribution in [2.45, 2.75) is 19.8 Å². The van der Waals surface area contributed by atoms with Gasteiger partial charge in [0.1, 0.15) is 0 Å². The van der Waals surface area contributed by atoms with E-state index in [9.17, 15) is 14.4 Å². The van der Waals surface area contributed by atoms with Gasteiger partial charge in [-0.15, -0.1) is 0 Å². The molecule has 1 aromatic rings. The third-order valence-electron chi connectivity index (χ3n) is 5.19. The number of amidine groups is 2. The van der Waals surface area contributed by atoms with Crippen molar-refractivity contribution in [3.8, 4) is 11.5 Å². The van der Waals surface area contributed by atoms with Gasteiger partial charge in [-0.1, -0.05) is 18.7 Å². The topological polar surface area (TPSA) is 134 Å². The van der Waals surface area contributed by atoms with E-state index in [2.05, 4.69) is 22.2 Å². The van der Waals surface area contributed by atoms with Crippen molar-refractivity contribution < 1.29 is 23.9 Å². The zero-order chi connectivity index (χ0) is 23.3. The molecule has 0 bridgehead atoms. The molecule has 1 aromatic carbocycles. The largest absolute Gasteiger partial charge is 0.493 e. The highest BCUT2D eigenvalue weighted by Gasteiger charge is 2.27. The van der Waals surface area contributed by atoms with Crippen LogP contribution in [0.25, 0.3) is 0 Å². The molecular weight excluding hydrogens is 434 g/mol. The minimum atomic E-state index is -0.722. The Labute approximate surface area is 190 Å². The SMILES string of the molecule is COc1ccc(C(=O)N=C2C(=N)N=C(SCC(=O)N3CCC(C)CC3)NC2=O)cc1OC. The Morgan fingerprint density at radius 1 is 1.25 bits per heavy atom. The number of ether oxygens (including phenoxy) is 2. The fourth-order valence-electron chi connectivity index (χ4n) is 3.23. The molecule has 1 saturated heterocycles. The molecule has 2 N–H and O–H groups in total. The lowest BCUT2D eigenvalue weighted by Gasteiger charge is -2.30. The molecule has 0 spiro atoms. The van der Waals surface area contributed by atoms with Gasteiger partial charge < -0.3 is 14.4 Å². The number of thioether (sulfide) groups is 1. The van der Waals surface area contributed by atoms with Crippen molar-refractivity contribution in [1.82, 2.24) is 10.2 Å². The van der Waals surface area contributed by atoms with E-state index in [1.165, 1.54) is 26.4 Å². The summed E-state index contributed by atoms with van der Waals surface area (Å²) in [5.41, 5.74) is -0.230. The number of aliphatic imine (C=N–C) groups is 2. The fraction of sp³-hybridized carbons (Fsp3) is 0.429. The maximum absolute atomic E-state index is 12.5. The summed E-state index contributed by atoms with van der Waals surface area (Å²) in [7, 11) is 2.91. The van der Waals surface area contributed by atoms with Gasteiger partial charge in [0.25, 0.3) is 11.8 Å². The Bertz CT molecular complexity index is 998. The number of nitrogens with one attached hydrogen (secondary N) is 2.